The molecular formula is C25H22F2N4O2. The minimum atomic E-state index is -1.12. The van der Waals surface area contributed by atoms with E-state index in [1.807, 2.05) is 30.3 Å². The Morgan fingerprint density at radius 3 is 2.67 bits per heavy atom. The summed E-state index contributed by atoms with van der Waals surface area (Å²) in [4.78, 5) is 16.7. The lowest BCUT2D eigenvalue weighted by Gasteiger charge is -2.26. The van der Waals surface area contributed by atoms with Gasteiger partial charge in [0.2, 0.25) is 5.89 Å². The number of aromatic nitrogens is 3. The Morgan fingerprint density at radius 2 is 1.82 bits per heavy atom. The Morgan fingerprint density at radius 1 is 1.00 bits per heavy atom. The Labute approximate surface area is 189 Å². The number of rotatable bonds is 5. The van der Waals surface area contributed by atoms with Crippen molar-refractivity contribution in [2.24, 2.45) is 5.92 Å². The molecule has 0 atom stereocenters. The maximum absolute atomic E-state index is 13.8. The fourth-order valence-corrected chi connectivity index (χ4v) is 4.41. The van der Waals surface area contributed by atoms with E-state index in [1.54, 1.807) is 6.20 Å². The number of amides is 1. The van der Waals surface area contributed by atoms with Crippen molar-refractivity contribution in [2.75, 3.05) is 6.54 Å². The third-order valence-corrected chi connectivity index (χ3v) is 6.26. The smallest absolute Gasteiger partial charge is 0.266 e. The molecule has 1 amide bonds. The highest BCUT2D eigenvalue weighted by Gasteiger charge is 2.27. The zero-order valence-electron chi connectivity index (χ0n) is 17.8. The summed E-state index contributed by atoms with van der Waals surface area (Å²) in [7, 11) is 0. The largest absolute Gasteiger partial charge is 0.419 e. The van der Waals surface area contributed by atoms with Crippen molar-refractivity contribution < 1.29 is 18.0 Å². The van der Waals surface area contributed by atoms with Crippen LogP contribution in [0.4, 0.5) is 8.78 Å². The lowest BCUT2D eigenvalue weighted by atomic mass is 9.82. The Balaban J connectivity index is 1.19. The molecule has 0 saturated heterocycles. The summed E-state index contributed by atoms with van der Waals surface area (Å²) in [5, 5.41) is 13.3. The standard InChI is InChI=1S/C25H22F2N4O2/c26-20-7-3-6-19(21(20)27)23(32)29-14-15-8-10-17(11-9-15)24-30-31-25(33-24)22-18-5-2-1-4-16(18)12-13-28-22/h1-7,12-13,15,17H,8-11,14H2,(H,29,32). The summed E-state index contributed by atoms with van der Waals surface area (Å²) in [6, 6.07) is 13.5. The van der Waals surface area contributed by atoms with Crippen LogP contribution in [0, 0.1) is 17.6 Å². The molecule has 2 aromatic carbocycles. The summed E-state index contributed by atoms with van der Waals surface area (Å²) in [6.45, 7) is 0.413. The number of hydrogen-bond acceptors (Lipinski definition) is 5. The second-order valence-corrected chi connectivity index (χ2v) is 8.36. The van der Waals surface area contributed by atoms with Gasteiger partial charge in [-0.15, -0.1) is 10.2 Å². The Hall–Kier alpha value is -3.68. The molecule has 1 fully saturated rings. The topological polar surface area (TPSA) is 80.9 Å². The van der Waals surface area contributed by atoms with E-state index in [-0.39, 0.29) is 17.4 Å². The van der Waals surface area contributed by atoms with Crippen LogP contribution in [0.2, 0.25) is 0 Å². The van der Waals surface area contributed by atoms with Gasteiger partial charge >= 0.3 is 0 Å². The third kappa shape index (κ3) is 4.33. The molecule has 4 aromatic rings. The molecule has 33 heavy (non-hydrogen) atoms. The van der Waals surface area contributed by atoms with Crippen molar-refractivity contribution in [3.63, 3.8) is 0 Å². The van der Waals surface area contributed by atoms with Gasteiger partial charge in [0.05, 0.1) is 5.56 Å². The average molecular weight is 448 g/mol. The van der Waals surface area contributed by atoms with Crippen LogP contribution in [0.3, 0.4) is 0 Å². The van der Waals surface area contributed by atoms with Gasteiger partial charge in [-0.05, 0) is 55.2 Å². The first-order valence-electron chi connectivity index (χ1n) is 11.0. The number of nitrogens with one attached hydrogen (secondary N) is 1. The second kappa shape index (κ2) is 9.05. The Bertz CT molecular complexity index is 1290. The number of fused-ring (bicyclic) bond motifs is 1. The maximum atomic E-state index is 13.8. The normalized spacial score (nSPS) is 18.4. The zero-order valence-corrected chi connectivity index (χ0v) is 17.8. The van der Waals surface area contributed by atoms with E-state index in [1.165, 1.54) is 12.1 Å². The quantitative estimate of drug-likeness (QED) is 0.450. The van der Waals surface area contributed by atoms with Crippen molar-refractivity contribution in [3.8, 4) is 11.6 Å². The van der Waals surface area contributed by atoms with Crippen LogP contribution in [0.25, 0.3) is 22.4 Å². The van der Waals surface area contributed by atoms with Crippen molar-refractivity contribution >= 4 is 16.7 Å². The van der Waals surface area contributed by atoms with E-state index >= 15 is 0 Å². The molecule has 0 radical (unpaired) electrons. The highest BCUT2D eigenvalue weighted by Crippen LogP contribution is 2.36. The SMILES string of the molecule is O=C(NCC1CCC(c2nnc(-c3nccc4ccccc34)o2)CC1)c1cccc(F)c1F. The highest BCUT2D eigenvalue weighted by molar-refractivity contribution is 5.94. The van der Waals surface area contributed by atoms with Crippen LogP contribution in [-0.4, -0.2) is 27.6 Å². The predicted octanol–water partition coefficient (Wildman–Crippen LogP) is 5.27. The first-order chi connectivity index (χ1) is 16.1. The number of halogens is 2. The zero-order chi connectivity index (χ0) is 22.8. The Kier molecular flexibility index (Phi) is 5.81. The molecule has 0 unspecified atom stereocenters. The fraction of sp³-hybridized carbons (Fsp3) is 0.280. The number of pyridine rings is 1. The molecule has 168 valence electrons. The van der Waals surface area contributed by atoms with Gasteiger partial charge in [-0.1, -0.05) is 30.3 Å². The number of benzene rings is 2. The molecule has 0 aliphatic heterocycles. The molecule has 1 aliphatic carbocycles. The molecule has 1 saturated carbocycles. The van der Waals surface area contributed by atoms with Crippen molar-refractivity contribution in [3.05, 3.63) is 77.8 Å². The van der Waals surface area contributed by atoms with Gasteiger partial charge in [-0.2, -0.15) is 0 Å². The minimum Gasteiger partial charge on any atom is -0.419 e. The van der Waals surface area contributed by atoms with Crippen LogP contribution in [0.5, 0.6) is 0 Å². The van der Waals surface area contributed by atoms with Crippen molar-refractivity contribution in [1.29, 1.82) is 0 Å². The van der Waals surface area contributed by atoms with Gasteiger partial charge in [0, 0.05) is 24.0 Å². The summed E-state index contributed by atoms with van der Waals surface area (Å²) >= 11 is 0. The fourth-order valence-electron chi connectivity index (χ4n) is 4.41. The number of nitrogens with zero attached hydrogens (tertiary/aromatic N) is 3. The van der Waals surface area contributed by atoms with Crippen molar-refractivity contribution in [2.45, 2.75) is 31.6 Å². The van der Waals surface area contributed by atoms with E-state index in [4.69, 9.17) is 4.42 Å². The monoisotopic (exact) mass is 448 g/mol. The summed E-state index contributed by atoms with van der Waals surface area (Å²) in [5.74, 6) is -1.33. The predicted molar refractivity (Wildman–Crippen MR) is 118 cm³/mol. The van der Waals surface area contributed by atoms with Crippen LogP contribution < -0.4 is 5.32 Å². The number of carbonyl (C=O) groups is 1. The highest BCUT2D eigenvalue weighted by atomic mass is 19.2. The molecule has 1 N–H and O–H groups in total. The van der Waals surface area contributed by atoms with Crippen LogP contribution in [-0.2, 0) is 0 Å². The van der Waals surface area contributed by atoms with Crippen LogP contribution >= 0.6 is 0 Å². The van der Waals surface area contributed by atoms with Crippen molar-refractivity contribution in [1.82, 2.24) is 20.5 Å². The van der Waals surface area contributed by atoms with E-state index in [0.717, 1.165) is 42.5 Å². The maximum Gasteiger partial charge on any atom is 0.266 e. The summed E-state index contributed by atoms with van der Waals surface area (Å²) in [6.07, 6.45) is 5.15. The molecule has 2 aromatic heterocycles. The molecule has 1 aliphatic rings. The number of carbonyl (C=O) groups excluding carboxylic acids is 1. The first-order valence-corrected chi connectivity index (χ1v) is 11.0. The van der Waals surface area contributed by atoms with E-state index in [2.05, 4.69) is 20.5 Å². The molecule has 2 heterocycles. The van der Waals surface area contributed by atoms with Gasteiger partial charge in [0.25, 0.3) is 11.8 Å². The molecule has 0 bridgehead atoms. The van der Waals surface area contributed by atoms with Crippen LogP contribution in [0.15, 0.2) is 59.1 Å². The van der Waals surface area contributed by atoms with E-state index in [9.17, 15) is 13.6 Å². The lowest BCUT2D eigenvalue weighted by Crippen LogP contribution is -2.31. The summed E-state index contributed by atoms with van der Waals surface area (Å²) < 4.78 is 33.2. The molecule has 6 nitrogen and oxygen atoms in total. The third-order valence-electron chi connectivity index (χ3n) is 6.26. The summed E-state index contributed by atoms with van der Waals surface area (Å²) in [5.41, 5.74) is 0.400. The van der Waals surface area contributed by atoms with E-state index < -0.39 is 17.5 Å². The molecule has 0 spiro atoms. The molecule has 8 heteroatoms. The van der Waals surface area contributed by atoms with E-state index in [0.29, 0.717) is 24.0 Å². The lowest BCUT2D eigenvalue weighted by molar-refractivity contribution is 0.0937. The van der Waals surface area contributed by atoms with Gasteiger partial charge in [-0.25, -0.2) is 8.78 Å². The second-order valence-electron chi connectivity index (χ2n) is 8.36. The average Bonchev–Trinajstić information content (AvgIpc) is 3.34. The molecular weight excluding hydrogens is 426 g/mol. The van der Waals surface area contributed by atoms with Gasteiger partial charge in [0.1, 0.15) is 5.69 Å². The first kappa shape index (κ1) is 21.2. The van der Waals surface area contributed by atoms with Gasteiger partial charge in [0.15, 0.2) is 11.6 Å². The molecule has 5 rings (SSSR count). The van der Waals surface area contributed by atoms with Gasteiger partial charge in [-0.3, -0.25) is 9.78 Å². The van der Waals surface area contributed by atoms with Gasteiger partial charge < -0.3 is 9.73 Å². The number of hydrogen-bond donors (Lipinski definition) is 1. The minimum absolute atomic E-state index is 0.147. The van der Waals surface area contributed by atoms with Crippen LogP contribution in [0.1, 0.15) is 47.8 Å².